The fourth-order valence-corrected chi connectivity index (χ4v) is 4.96. The van der Waals surface area contributed by atoms with Crippen molar-refractivity contribution < 1.29 is 14.3 Å². The van der Waals surface area contributed by atoms with E-state index in [9.17, 15) is 9.59 Å². The van der Waals surface area contributed by atoms with E-state index in [2.05, 4.69) is 0 Å². The summed E-state index contributed by atoms with van der Waals surface area (Å²) in [4.78, 5) is 30.3. The van der Waals surface area contributed by atoms with Gasteiger partial charge in [-0.2, -0.15) is 0 Å². The molecule has 1 unspecified atom stereocenters. The lowest BCUT2D eigenvalue weighted by Gasteiger charge is -2.43. The second kappa shape index (κ2) is 11.8. The third-order valence-corrected chi connectivity index (χ3v) is 7.36. The first-order valence-corrected chi connectivity index (χ1v) is 12.8. The summed E-state index contributed by atoms with van der Waals surface area (Å²) in [6, 6.07) is 24.4. The highest BCUT2D eigenvalue weighted by Crippen LogP contribution is 2.36. The van der Waals surface area contributed by atoms with Crippen molar-refractivity contribution >= 4 is 35.0 Å². The number of carbonyl (C=O) groups excluding carboxylic acids is 2. The maximum Gasteiger partial charge on any atom is 0.253 e. The summed E-state index contributed by atoms with van der Waals surface area (Å²) in [6.45, 7) is 1.90. The van der Waals surface area contributed by atoms with Crippen molar-refractivity contribution in [2.45, 2.75) is 25.8 Å². The van der Waals surface area contributed by atoms with Gasteiger partial charge >= 0.3 is 0 Å². The quantitative estimate of drug-likeness (QED) is 0.345. The number of hydrogen-bond donors (Lipinski definition) is 0. The summed E-state index contributed by atoms with van der Waals surface area (Å²) in [5.41, 5.74) is 1.04. The lowest BCUT2D eigenvalue weighted by molar-refractivity contribution is -0.134. The molecule has 188 valence electrons. The molecule has 3 aromatic rings. The van der Waals surface area contributed by atoms with Crippen molar-refractivity contribution in [3.63, 3.8) is 0 Å². The summed E-state index contributed by atoms with van der Waals surface area (Å²) in [7, 11) is 1.82. The van der Waals surface area contributed by atoms with Crippen LogP contribution in [-0.2, 0) is 11.3 Å². The van der Waals surface area contributed by atoms with Gasteiger partial charge in [0, 0.05) is 44.1 Å². The van der Waals surface area contributed by atoms with Crippen molar-refractivity contribution in [1.82, 2.24) is 9.80 Å². The maximum atomic E-state index is 13.4. The molecule has 2 amide bonds. The van der Waals surface area contributed by atoms with Gasteiger partial charge in [-0.05, 0) is 48.7 Å². The van der Waals surface area contributed by atoms with Crippen LogP contribution >= 0.6 is 23.2 Å². The Labute approximate surface area is 222 Å². The summed E-state index contributed by atoms with van der Waals surface area (Å²) in [5.74, 6) is 0.650. The van der Waals surface area contributed by atoms with Crippen LogP contribution in [0.4, 0.5) is 0 Å². The van der Waals surface area contributed by atoms with E-state index in [1.54, 1.807) is 23.1 Å². The minimum atomic E-state index is -0.512. The number of ether oxygens (including phenoxy) is 1. The van der Waals surface area contributed by atoms with Crippen LogP contribution in [0, 0.1) is 5.41 Å². The highest BCUT2D eigenvalue weighted by Gasteiger charge is 2.40. The number of likely N-dealkylation sites (tertiary alicyclic amines) is 1. The van der Waals surface area contributed by atoms with Gasteiger partial charge < -0.3 is 14.5 Å². The van der Waals surface area contributed by atoms with Crippen molar-refractivity contribution in [3.8, 4) is 5.75 Å². The Kier molecular flexibility index (Phi) is 8.55. The molecule has 0 saturated carbocycles. The van der Waals surface area contributed by atoms with Crippen LogP contribution in [0.25, 0.3) is 0 Å². The molecular weight excluding hydrogens is 495 g/mol. The van der Waals surface area contributed by atoms with E-state index in [1.807, 2.05) is 72.6 Å². The van der Waals surface area contributed by atoms with E-state index in [-0.39, 0.29) is 18.2 Å². The predicted molar refractivity (Wildman–Crippen MR) is 144 cm³/mol. The lowest BCUT2D eigenvalue weighted by atomic mass is 9.77. The Balaban J connectivity index is 1.53. The van der Waals surface area contributed by atoms with E-state index in [4.69, 9.17) is 27.9 Å². The van der Waals surface area contributed by atoms with Crippen LogP contribution in [0.2, 0.25) is 10.0 Å². The average Bonchev–Trinajstić information content (AvgIpc) is 2.90. The number of carbonyl (C=O) groups is 2. The van der Waals surface area contributed by atoms with Crippen molar-refractivity contribution in [3.05, 3.63) is 100 Å². The lowest BCUT2D eigenvalue weighted by Crippen LogP contribution is -2.50. The Morgan fingerprint density at radius 1 is 0.972 bits per heavy atom. The van der Waals surface area contributed by atoms with Crippen molar-refractivity contribution in [2.24, 2.45) is 5.41 Å². The first-order valence-electron chi connectivity index (χ1n) is 12.1. The monoisotopic (exact) mass is 524 g/mol. The smallest absolute Gasteiger partial charge is 0.253 e. The van der Waals surface area contributed by atoms with Gasteiger partial charge in [0.05, 0.1) is 16.7 Å². The summed E-state index contributed by atoms with van der Waals surface area (Å²) >= 11 is 12.2. The van der Waals surface area contributed by atoms with Crippen LogP contribution in [-0.4, -0.2) is 48.4 Å². The second-order valence-corrected chi connectivity index (χ2v) is 10.3. The SMILES string of the molecule is CN(Cc1ccccc1)C(=O)CC1(COc2ccccc2)CCCN(C(=O)c2ccc(Cl)c(Cl)c2)C1. The Morgan fingerprint density at radius 2 is 1.67 bits per heavy atom. The highest BCUT2D eigenvalue weighted by molar-refractivity contribution is 6.42. The third-order valence-electron chi connectivity index (χ3n) is 6.62. The van der Waals surface area contributed by atoms with Gasteiger partial charge in [0.25, 0.3) is 5.91 Å². The van der Waals surface area contributed by atoms with Crippen LogP contribution in [0.3, 0.4) is 0 Å². The Morgan fingerprint density at radius 3 is 2.36 bits per heavy atom. The molecule has 0 aliphatic carbocycles. The molecule has 0 N–H and O–H groups in total. The maximum absolute atomic E-state index is 13.4. The first kappa shape index (κ1) is 26.1. The molecule has 0 spiro atoms. The van der Waals surface area contributed by atoms with Crippen molar-refractivity contribution in [2.75, 3.05) is 26.7 Å². The van der Waals surface area contributed by atoms with E-state index in [0.29, 0.717) is 41.8 Å². The van der Waals surface area contributed by atoms with Crippen LogP contribution < -0.4 is 4.74 Å². The van der Waals surface area contributed by atoms with Gasteiger partial charge in [-0.15, -0.1) is 0 Å². The number of para-hydroxylation sites is 1. The molecule has 1 heterocycles. The zero-order chi connectivity index (χ0) is 25.5. The Hall–Kier alpha value is -3.02. The molecule has 0 bridgehead atoms. The highest BCUT2D eigenvalue weighted by atomic mass is 35.5. The summed E-state index contributed by atoms with van der Waals surface area (Å²) in [6.07, 6.45) is 1.85. The molecule has 0 radical (unpaired) electrons. The van der Waals surface area contributed by atoms with Gasteiger partial charge in [0.1, 0.15) is 5.75 Å². The summed E-state index contributed by atoms with van der Waals surface area (Å²) in [5, 5.41) is 0.750. The van der Waals surface area contributed by atoms with Gasteiger partial charge in [-0.1, -0.05) is 71.7 Å². The molecule has 36 heavy (non-hydrogen) atoms. The predicted octanol–water partition coefficient (Wildman–Crippen LogP) is 6.34. The van der Waals surface area contributed by atoms with Gasteiger partial charge in [0.2, 0.25) is 5.91 Å². The van der Waals surface area contributed by atoms with E-state index in [0.717, 1.165) is 24.2 Å². The zero-order valence-electron chi connectivity index (χ0n) is 20.3. The van der Waals surface area contributed by atoms with Gasteiger partial charge in [0.15, 0.2) is 0 Å². The molecule has 1 saturated heterocycles. The Bertz CT molecular complexity index is 1190. The molecule has 7 heteroatoms. The van der Waals surface area contributed by atoms with Crippen LogP contribution in [0.15, 0.2) is 78.9 Å². The molecule has 1 aliphatic rings. The molecule has 1 fully saturated rings. The number of rotatable bonds is 8. The molecular formula is C29H30Cl2N2O3. The second-order valence-electron chi connectivity index (χ2n) is 9.47. The molecule has 3 aromatic carbocycles. The molecule has 0 aromatic heterocycles. The number of amides is 2. The third kappa shape index (κ3) is 6.59. The van der Waals surface area contributed by atoms with Crippen LogP contribution in [0.1, 0.15) is 35.2 Å². The fourth-order valence-electron chi connectivity index (χ4n) is 4.66. The number of piperidine rings is 1. The standard InChI is InChI=1S/C29H30Cl2N2O3/c1-32(19-22-9-4-2-5-10-22)27(34)18-29(21-36-24-11-6-3-7-12-24)15-8-16-33(20-29)28(35)23-13-14-25(30)26(31)17-23/h2-7,9-14,17H,8,15-16,18-21H2,1H3. The fraction of sp³-hybridized carbons (Fsp3) is 0.310. The van der Waals surface area contributed by atoms with E-state index >= 15 is 0 Å². The van der Waals surface area contributed by atoms with Crippen LogP contribution in [0.5, 0.6) is 5.75 Å². The van der Waals surface area contributed by atoms with Crippen molar-refractivity contribution in [1.29, 1.82) is 0 Å². The topological polar surface area (TPSA) is 49.9 Å². The number of halogens is 2. The van der Waals surface area contributed by atoms with E-state index < -0.39 is 5.41 Å². The van der Waals surface area contributed by atoms with Gasteiger partial charge in [-0.25, -0.2) is 0 Å². The first-order chi connectivity index (χ1) is 17.3. The minimum Gasteiger partial charge on any atom is -0.493 e. The minimum absolute atomic E-state index is 0.0272. The van der Waals surface area contributed by atoms with Gasteiger partial charge in [-0.3, -0.25) is 9.59 Å². The molecule has 4 rings (SSSR count). The van der Waals surface area contributed by atoms with E-state index in [1.165, 1.54) is 0 Å². The average molecular weight is 525 g/mol. The molecule has 1 atom stereocenters. The number of hydrogen-bond acceptors (Lipinski definition) is 3. The molecule has 5 nitrogen and oxygen atoms in total. The largest absolute Gasteiger partial charge is 0.493 e. The molecule has 1 aliphatic heterocycles. The number of nitrogens with zero attached hydrogens (tertiary/aromatic N) is 2. The summed E-state index contributed by atoms with van der Waals surface area (Å²) < 4.78 is 6.17. The zero-order valence-corrected chi connectivity index (χ0v) is 21.8. The number of benzene rings is 3. The normalized spacial score (nSPS) is 17.5.